The topological polar surface area (TPSA) is 61.0 Å². The van der Waals surface area contributed by atoms with Gasteiger partial charge in [-0.15, -0.1) is 0 Å². The summed E-state index contributed by atoms with van der Waals surface area (Å²) in [5.74, 6) is 0.686. The Hall–Kier alpha value is -1.20. The third kappa shape index (κ3) is 2.40. The molecule has 1 aromatic rings. The van der Waals surface area contributed by atoms with Gasteiger partial charge in [0.15, 0.2) is 0 Å². The van der Waals surface area contributed by atoms with Crippen molar-refractivity contribution in [3.05, 3.63) is 27.4 Å². The van der Waals surface area contributed by atoms with Crippen molar-refractivity contribution in [3.8, 4) is 0 Å². The summed E-state index contributed by atoms with van der Waals surface area (Å²) < 4.78 is 0. The van der Waals surface area contributed by atoms with Gasteiger partial charge in [-0.05, 0) is 46.6 Å². The molecular formula is C15H24N4O. The molecule has 0 radical (unpaired) electrons. The lowest BCUT2D eigenvalue weighted by Crippen LogP contribution is -2.41. The van der Waals surface area contributed by atoms with Crippen LogP contribution in [0.25, 0.3) is 0 Å². The van der Waals surface area contributed by atoms with Gasteiger partial charge in [0.25, 0.3) is 5.56 Å². The van der Waals surface area contributed by atoms with Crippen molar-refractivity contribution in [2.75, 3.05) is 13.1 Å². The molecule has 1 aromatic heterocycles. The van der Waals surface area contributed by atoms with Crippen molar-refractivity contribution in [2.45, 2.75) is 58.2 Å². The zero-order chi connectivity index (χ0) is 14.3. The van der Waals surface area contributed by atoms with Crippen LogP contribution >= 0.6 is 0 Å². The number of fused-ring (bicyclic) bond motifs is 1. The van der Waals surface area contributed by atoms with Crippen LogP contribution in [0.15, 0.2) is 4.79 Å². The standard InChI is InChI=1S/C15H24N4O/c1-9-14(15(20)18-11(3)16-9)10(2)17-12-6-8-19-7-4-5-13(12)19/h10,12-13,17H,4-8H2,1-3H3,(H,16,18,20). The normalized spacial score (nSPS) is 27.8. The molecule has 0 amide bonds. The molecule has 3 rings (SSSR count). The molecule has 2 fully saturated rings. The van der Waals surface area contributed by atoms with E-state index in [0.717, 1.165) is 11.3 Å². The van der Waals surface area contributed by atoms with E-state index >= 15 is 0 Å². The second-order valence-corrected chi connectivity index (χ2v) is 6.18. The molecule has 20 heavy (non-hydrogen) atoms. The molecule has 2 N–H and O–H groups in total. The van der Waals surface area contributed by atoms with Crippen LogP contribution in [-0.2, 0) is 0 Å². The van der Waals surface area contributed by atoms with Crippen molar-refractivity contribution in [3.63, 3.8) is 0 Å². The zero-order valence-electron chi connectivity index (χ0n) is 12.6. The average molecular weight is 276 g/mol. The lowest BCUT2D eigenvalue weighted by Gasteiger charge is -2.25. The van der Waals surface area contributed by atoms with Gasteiger partial charge < -0.3 is 10.3 Å². The molecule has 3 unspecified atom stereocenters. The minimum absolute atomic E-state index is 0.00345. The second-order valence-electron chi connectivity index (χ2n) is 6.18. The van der Waals surface area contributed by atoms with Gasteiger partial charge in [-0.25, -0.2) is 4.98 Å². The third-order valence-electron chi connectivity index (χ3n) is 4.77. The predicted octanol–water partition coefficient (Wildman–Crippen LogP) is 1.27. The smallest absolute Gasteiger partial charge is 0.255 e. The van der Waals surface area contributed by atoms with E-state index in [9.17, 15) is 4.79 Å². The van der Waals surface area contributed by atoms with Crippen molar-refractivity contribution in [1.82, 2.24) is 20.2 Å². The van der Waals surface area contributed by atoms with Gasteiger partial charge in [0.05, 0.1) is 5.56 Å². The second kappa shape index (κ2) is 5.30. The van der Waals surface area contributed by atoms with Gasteiger partial charge >= 0.3 is 0 Å². The number of rotatable bonds is 3. The van der Waals surface area contributed by atoms with Crippen LogP contribution in [-0.4, -0.2) is 40.0 Å². The molecule has 3 heterocycles. The van der Waals surface area contributed by atoms with Crippen LogP contribution in [0.2, 0.25) is 0 Å². The minimum atomic E-state index is -0.00345. The molecular weight excluding hydrogens is 252 g/mol. The first-order valence-electron chi connectivity index (χ1n) is 7.64. The van der Waals surface area contributed by atoms with Gasteiger partial charge in [-0.3, -0.25) is 9.69 Å². The molecule has 110 valence electrons. The van der Waals surface area contributed by atoms with Gasteiger partial charge in [-0.2, -0.15) is 0 Å². The van der Waals surface area contributed by atoms with Crippen LogP contribution in [0.3, 0.4) is 0 Å². The Morgan fingerprint density at radius 1 is 1.35 bits per heavy atom. The summed E-state index contributed by atoms with van der Waals surface area (Å²) in [5, 5.41) is 3.67. The van der Waals surface area contributed by atoms with Crippen LogP contribution in [0, 0.1) is 13.8 Å². The number of H-pyrrole nitrogens is 1. The van der Waals surface area contributed by atoms with E-state index in [0.29, 0.717) is 17.9 Å². The maximum absolute atomic E-state index is 12.2. The number of nitrogens with one attached hydrogen (secondary N) is 2. The highest BCUT2D eigenvalue weighted by Gasteiger charge is 2.37. The maximum Gasteiger partial charge on any atom is 0.255 e. The molecule has 2 saturated heterocycles. The first-order valence-corrected chi connectivity index (χ1v) is 7.64. The van der Waals surface area contributed by atoms with E-state index < -0.39 is 0 Å². The van der Waals surface area contributed by atoms with Crippen molar-refractivity contribution in [1.29, 1.82) is 0 Å². The van der Waals surface area contributed by atoms with E-state index in [1.54, 1.807) is 0 Å². The fraction of sp³-hybridized carbons (Fsp3) is 0.733. The third-order valence-corrected chi connectivity index (χ3v) is 4.77. The van der Waals surface area contributed by atoms with E-state index in [2.05, 4.69) is 27.1 Å². The molecule has 3 atom stereocenters. The van der Waals surface area contributed by atoms with Crippen molar-refractivity contribution < 1.29 is 0 Å². The van der Waals surface area contributed by atoms with E-state index in [1.807, 2.05) is 13.8 Å². The summed E-state index contributed by atoms with van der Waals surface area (Å²) in [6.45, 7) is 8.25. The van der Waals surface area contributed by atoms with Crippen LogP contribution in [0.5, 0.6) is 0 Å². The summed E-state index contributed by atoms with van der Waals surface area (Å²) in [4.78, 5) is 21.9. The highest BCUT2D eigenvalue weighted by molar-refractivity contribution is 5.20. The monoisotopic (exact) mass is 276 g/mol. The molecule has 0 aliphatic carbocycles. The van der Waals surface area contributed by atoms with Crippen molar-refractivity contribution >= 4 is 0 Å². The zero-order valence-corrected chi connectivity index (χ0v) is 12.6. The summed E-state index contributed by atoms with van der Waals surface area (Å²) in [6.07, 6.45) is 3.78. The number of aromatic amines is 1. The Bertz CT molecular complexity index is 553. The Labute approximate surface area is 119 Å². The molecule has 5 heteroatoms. The van der Waals surface area contributed by atoms with E-state index in [1.165, 1.54) is 32.4 Å². The quantitative estimate of drug-likeness (QED) is 0.873. The first-order chi connectivity index (χ1) is 9.56. The number of aryl methyl sites for hydroxylation is 2. The van der Waals surface area contributed by atoms with Gasteiger partial charge in [-0.1, -0.05) is 0 Å². The van der Waals surface area contributed by atoms with E-state index in [4.69, 9.17) is 0 Å². The van der Waals surface area contributed by atoms with Crippen LogP contribution in [0.4, 0.5) is 0 Å². The predicted molar refractivity (Wildman–Crippen MR) is 78.9 cm³/mol. The Balaban J connectivity index is 1.77. The number of aromatic nitrogens is 2. The number of hydrogen-bond acceptors (Lipinski definition) is 4. The Kier molecular flexibility index (Phi) is 3.65. The van der Waals surface area contributed by atoms with Crippen LogP contribution < -0.4 is 10.9 Å². The molecule has 0 aromatic carbocycles. The van der Waals surface area contributed by atoms with Gasteiger partial charge in [0.1, 0.15) is 5.82 Å². The van der Waals surface area contributed by atoms with Gasteiger partial charge in [0, 0.05) is 30.4 Å². The summed E-state index contributed by atoms with van der Waals surface area (Å²) in [6, 6.07) is 1.22. The molecule has 5 nitrogen and oxygen atoms in total. The van der Waals surface area contributed by atoms with Crippen LogP contribution in [0.1, 0.15) is 49.3 Å². The molecule has 2 aliphatic rings. The molecule has 0 bridgehead atoms. The highest BCUT2D eigenvalue weighted by Crippen LogP contribution is 2.29. The number of nitrogens with zero attached hydrogens (tertiary/aromatic N) is 2. The average Bonchev–Trinajstić information content (AvgIpc) is 2.92. The summed E-state index contributed by atoms with van der Waals surface area (Å²) in [7, 11) is 0. The SMILES string of the molecule is Cc1nc(C)c(C(C)NC2CCN3CCCC23)c(=O)[nH]1. The highest BCUT2D eigenvalue weighted by atomic mass is 16.1. The molecule has 2 aliphatic heterocycles. The summed E-state index contributed by atoms with van der Waals surface area (Å²) >= 11 is 0. The largest absolute Gasteiger partial charge is 0.310 e. The lowest BCUT2D eigenvalue weighted by atomic mass is 10.0. The lowest BCUT2D eigenvalue weighted by molar-refractivity contribution is 0.291. The fourth-order valence-corrected chi connectivity index (χ4v) is 3.93. The van der Waals surface area contributed by atoms with Crippen molar-refractivity contribution in [2.24, 2.45) is 0 Å². The fourth-order valence-electron chi connectivity index (χ4n) is 3.93. The minimum Gasteiger partial charge on any atom is -0.310 e. The maximum atomic E-state index is 12.2. The first kappa shape index (κ1) is 13.8. The molecule has 0 spiro atoms. The van der Waals surface area contributed by atoms with Gasteiger partial charge in [0.2, 0.25) is 0 Å². The Morgan fingerprint density at radius 2 is 2.15 bits per heavy atom. The summed E-state index contributed by atoms with van der Waals surface area (Å²) in [5.41, 5.74) is 1.62. The molecule has 0 saturated carbocycles. The number of hydrogen-bond donors (Lipinski definition) is 2. The van der Waals surface area contributed by atoms with E-state index in [-0.39, 0.29) is 11.6 Å². The Morgan fingerprint density at radius 3 is 2.90 bits per heavy atom.